The van der Waals surface area contributed by atoms with Crippen LogP contribution in [0, 0.1) is 0 Å². The normalized spacial score (nSPS) is 10.2. The fourth-order valence-electron chi connectivity index (χ4n) is 2.27. The molecule has 0 aliphatic heterocycles. The number of hydrogen-bond acceptors (Lipinski definition) is 4. The van der Waals surface area contributed by atoms with E-state index in [-0.39, 0.29) is 5.69 Å². The Morgan fingerprint density at radius 2 is 1.60 bits per heavy atom. The van der Waals surface area contributed by atoms with E-state index in [2.05, 4.69) is 15.6 Å². The van der Waals surface area contributed by atoms with Crippen molar-refractivity contribution >= 4 is 17.4 Å². The van der Waals surface area contributed by atoms with Gasteiger partial charge in [-0.2, -0.15) is 0 Å². The third-order valence-corrected chi connectivity index (χ3v) is 3.32. The van der Waals surface area contributed by atoms with Crippen molar-refractivity contribution in [3.63, 3.8) is 0 Å². The molecule has 3 aromatic rings. The van der Waals surface area contributed by atoms with Gasteiger partial charge in [0.05, 0.1) is 11.8 Å². The van der Waals surface area contributed by atoms with E-state index in [1.807, 2.05) is 6.07 Å². The number of aromatic amines is 1. The van der Waals surface area contributed by atoms with E-state index in [1.54, 1.807) is 42.5 Å². The maximum atomic E-state index is 12.0. The van der Waals surface area contributed by atoms with Crippen LogP contribution in [0.4, 0.5) is 16.2 Å². The molecule has 2 aromatic carbocycles. The Bertz CT molecular complexity index is 1020. The van der Waals surface area contributed by atoms with Crippen LogP contribution in [-0.4, -0.2) is 20.7 Å². The highest BCUT2D eigenvalue weighted by atomic mass is 16.3. The van der Waals surface area contributed by atoms with Crippen LogP contribution in [0.2, 0.25) is 0 Å². The van der Waals surface area contributed by atoms with E-state index < -0.39 is 23.2 Å². The number of aromatic hydroxyl groups is 1. The maximum absolute atomic E-state index is 12.0. The number of anilines is 2. The minimum Gasteiger partial charge on any atom is -0.494 e. The van der Waals surface area contributed by atoms with Crippen molar-refractivity contribution in [3.8, 4) is 11.6 Å². The summed E-state index contributed by atoms with van der Waals surface area (Å²) in [4.78, 5) is 37.2. The van der Waals surface area contributed by atoms with E-state index >= 15 is 0 Å². The van der Waals surface area contributed by atoms with Gasteiger partial charge in [-0.1, -0.05) is 24.3 Å². The molecule has 0 saturated heterocycles. The van der Waals surface area contributed by atoms with Gasteiger partial charge in [0.2, 0.25) is 5.88 Å². The molecule has 4 N–H and O–H groups in total. The van der Waals surface area contributed by atoms with Crippen molar-refractivity contribution in [3.05, 3.63) is 81.5 Å². The van der Waals surface area contributed by atoms with Crippen molar-refractivity contribution in [1.29, 1.82) is 0 Å². The highest BCUT2D eigenvalue weighted by Crippen LogP contribution is 2.17. The van der Waals surface area contributed by atoms with Crippen molar-refractivity contribution < 1.29 is 9.90 Å². The van der Waals surface area contributed by atoms with Gasteiger partial charge in [0.25, 0.3) is 5.56 Å². The monoisotopic (exact) mass is 338 g/mol. The molecule has 0 fully saturated rings. The Hall–Kier alpha value is -3.81. The highest BCUT2D eigenvalue weighted by Gasteiger charge is 2.09. The molecule has 0 bridgehead atoms. The number of para-hydroxylation sites is 1. The fraction of sp³-hybridized carbons (Fsp3) is 0. The predicted octanol–water partition coefficient (Wildman–Crippen LogP) is 1.88. The lowest BCUT2D eigenvalue weighted by atomic mass is 10.2. The van der Waals surface area contributed by atoms with E-state index in [0.29, 0.717) is 11.4 Å². The summed E-state index contributed by atoms with van der Waals surface area (Å²) in [6.45, 7) is 0. The van der Waals surface area contributed by atoms with Gasteiger partial charge < -0.3 is 15.7 Å². The first-order chi connectivity index (χ1) is 12.0. The number of rotatable bonds is 3. The summed E-state index contributed by atoms with van der Waals surface area (Å²) in [6, 6.07) is 15.6. The summed E-state index contributed by atoms with van der Waals surface area (Å²) in [5, 5.41) is 15.1. The predicted molar refractivity (Wildman–Crippen MR) is 93.4 cm³/mol. The molecule has 8 nitrogen and oxygen atoms in total. The Balaban J connectivity index is 1.84. The van der Waals surface area contributed by atoms with Crippen LogP contribution in [-0.2, 0) is 0 Å². The van der Waals surface area contributed by atoms with E-state index in [9.17, 15) is 19.5 Å². The van der Waals surface area contributed by atoms with Crippen LogP contribution in [0.25, 0.3) is 5.69 Å². The molecule has 0 aliphatic rings. The number of nitrogens with zero attached hydrogens (tertiary/aromatic N) is 1. The first-order valence-corrected chi connectivity index (χ1v) is 7.32. The van der Waals surface area contributed by atoms with E-state index in [4.69, 9.17) is 0 Å². The molecule has 126 valence electrons. The second kappa shape index (κ2) is 6.75. The van der Waals surface area contributed by atoms with Crippen molar-refractivity contribution in [2.24, 2.45) is 0 Å². The smallest absolute Gasteiger partial charge is 0.335 e. The second-order valence-corrected chi connectivity index (χ2v) is 5.13. The zero-order chi connectivity index (χ0) is 17.8. The molecule has 1 heterocycles. The van der Waals surface area contributed by atoms with Crippen LogP contribution >= 0.6 is 0 Å². The van der Waals surface area contributed by atoms with Crippen molar-refractivity contribution in [1.82, 2.24) is 9.55 Å². The van der Waals surface area contributed by atoms with Crippen LogP contribution < -0.4 is 21.9 Å². The molecule has 0 spiro atoms. The Morgan fingerprint density at radius 1 is 0.920 bits per heavy atom. The Kier molecular flexibility index (Phi) is 4.34. The van der Waals surface area contributed by atoms with Gasteiger partial charge in [0.15, 0.2) is 0 Å². The lowest BCUT2D eigenvalue weighted by molar-refractivity contribution is 0.262. The number of benzene rings is 2. The third kappa shape index (κ3) is 3.75. The van der Waals surface area contributed by atoms with Gasteiger partial charge in [-0.15, -0.1) is 0 Å². The number of urea groups is 1. The maximum Gasteiger partial charge on any atom is 0.335 e. The molecule has 0 radical (unpaired) electrons. The summed E-state index contributed by atoms with van der Waals surface area (Å²) >= 11 is 0. The Labute approximate surface area is 141 Å². The van der Waals surface area contributed by atoms with E-state index in [1.165, 1.54) is 6.07 Å². The zero-order valence-electron chi connectivity index (χ0n) is 12.9. The molecule has 0 aliphatic carbocycles. The first-order valence-electron chi connectivity index (χ1n) is 7.32. The number of carbonyl (C=O) groups excluding carboxylic acids is 1. The van der Waals surface area contributed by atoms with Crippen molar-refractivity contribution in [2.45, 2.75) is 0 Å². The average Bonchev–Trinajstić information content (AvgIpc) is 2.55. The SMILES string of the molecule is O=C(Nc1ccccc1)Nc1cccc(-n2c(O)cc(=O)[nH]c2=O)c1. The summed E-state index contributed by atoms with van der Waals surface area (Å²) in [7, 11) is 0. The quantitative estimate of drug-likeness (QED) is 0.583. The molecule has 2 amide bonds. The average molecular weight is 338 g/mol. The summed E-state index contributed by atoms with van der Waals surface area (Å²) in [6.07, 6.45) is 0. The molecular weight excluding hydrogens is 324 g/mol. The van der Waals surface area contributed by atoms with Crippen LogP contribution in [0.5, 0.6) is 5.88 Å². The van der Waals surface area contributed by atoms with Crippen molar-refractivity contribution in [2.75, 3.05) is 10.6 Å². The number of nitrogens with one attached hydrogen (secondary N) is 3. The van der Waals surface area contributed by atoms with Gasteiger partial charge in [0.1, 0.15) is 0 Å². The summed E-state index contributed by atoms with van der Waals surface area (Å²) < 4.78 is 0.918. The fourth-order valence-corrected chi connectivity index (χ4v) is 2.27. The molecular formula is C17H14N4O4. The van der Waals surface area contributed by atoms with Gasteiger partial charge in [-0.3, -0.25) is 9.78 Å². The third-order valence-electron chi connectivity index (χ3n) is 3.32. The number of H-pyrrole nitrogens is 1. The molecule has 0 saturated carbocycles. The molecule has 25 heavy (non-hydrogen) atoms. The zero-order valence-corrected chi connectivity index (χ0v) is 12.9. The standard InChI is InChI=1S/C17H14N4O4/c22-14-10-15(23)21(17(25)20-14)13-8-4-7-12(9-13)19-16(24)18-11-5-2-1-3-6-11/h1-10,23H,(H2,18,19,24)(H,20,22,25). The van der Waals surface area contributed by atoms with Gasteiger partial charge in [-0.05, 0) is 30.3 Å². The second-order valence-electron chi connectivity index (χ2n) is 5.13. The lowest BCUT2D eigenvalue weighted by Crippen LogP contribution is -2.28. The number of hydrogen-bond donors (Lipinski definition) is 4. The van der Waals surface area contributed by atoms with Crippen LogP contribution in [0.3, 0.4) is 0 Å². The molecule has 0 atom stereocenters. The van der Waals surface area contributed by atoms with E-state index in [0.717, 1.165) is 10.6 Å². The molecule has 0 unspecified atom stereocenters. The minimum absolute atomic E-state index is 0.288. The molecule has 1 aromatic heterocycles. The summed E-state index contributed by atoms with van der Waals surface area (Å²) in [5.41, 5.74) is -0.156. The number of amides is 2. The highest BCUT2D eigenvalue weighted by molar-refractivity contribution is 5.99. The van der Waals surface area contributed by atoms with Crippen LogP contribution in [0.1, 0.15) is 0 Å². The van der Waals surface area contributed by atoms with Gasteiger partial charge in [-0.25, -0.2) is 14.2 Å². The van der Waals surface area contributed by atoms with Gasteiger partial charge in [0, 0.05) is 11.4 Å². The number of carbonyl (C=O) groups is 1. The first kappa shape index (κ1) is 16.1. The van der Waals surface area contributed by atoms with Gasteiger partial charge >= 0.3 is 11.7 Å². The molecule has 3 rings (SSSR count). The summed E-state index contributed by atoms with van der Waals surface area (Å²) in [5.74, 6) is -0.500. The minimum atomic E-state index is -0.782. The van der Waals surface area contributed by atoms with Crippen LogP contribution in [0.15, 0.2) is 70.3 Å². The number of aromatic nitrogens is 2. The Morgan fingerprint density at radius 3 is 2.32 bits per heavy atom. The lowest BCUT2D eigenvalue weighted by Gasteiger charge is -2.11. The topological polar surface area (TPSA) is 116 Å². The molecule has 8 heteroatoms. The largest absolute Gasteiger partial charge is 0.494 e.